The van der Waals surface area contributed by atoms with E-state index < -0.39 is 5.60 Å². The fraction of sp³-hybridized carbons (Fsp3) is 0.211. The molecule has 5 nitrogen and oxygen atoms in total. The third-order valence-electron chi connectivity index (χ3n) is 4.16. The van der Waals surface area contributed by atoms with Gasteiger partial charge in [-0.25, -0.2) is 4.98 Å². The first-order valence-electron chi connectivity index (χ1n) is 8.07. The summed E-state index contributed by atoms with van der Waals surface area (Å²) in [6.45, 7) is 0. The number of carbonyl (C=O) groups is 1. The zero-order valence-electron chi connectivity index (χ0n) is 13.8. The normalized spacial score (nSPS) is 14.8. The maximum atomic E-state index is 12.9. The number of benzene rings is 1. The van der Waals surface area contributed by atoms with Crippen molar-refractivity contribution in [3.05, 3.63) is 60.1 Å². The van der Waals surface area contributed by atoms with E-state index in [1.807, 2.05) is 53.9 Å². The van der Waals surface area contributed by atoms with Gasteiger partial charge in [0.25, 0.3) is 5.91 Å². The van der Waals surface area contributed by atoms with Gasteiger partial charge in [0.15, 0.2) is 10.7 Å². The van der Waals surface area contributed by atoms with Crippen LogP contribution in [0.15, 0.2) is 60.1 Å². The summed E-state index contributed by atoms with van der Waals surface area (Å²) in [7, 11) is 1.75. The predicted molar refractivity (Wildman–Crippen MR) is 97.8 cm³/mol. The molecule has 6 heteroatoms. The third kappa shape index (κ3) is 3.13. The first-order chi connectivity index (χ1) is 12.2. The Kier molecular flexibility index (Phi) is 3.97. The maximum absolute atomic E-state index is 12.9. The van der Waals surface area contributed by atoms with Gasteiger partial charge in [-0.2, -0.15) is 0 Å². The molecule has 0 unspecified atom stereocenters. The van der Waals surface area contributed by atoms with Gasteiger partial charge in [-0.1, -0.05) is 24.3 Å². The topological polar surface area (TPSA) is 55.3 Å². The van der Waals surface area contributed by atoms with Crippen LogP contribution in [-0.2, 0) is 4.79 Å². The summed E-state index contributed by atoms with van der Waals surface area (Å²) in [6.07, 6.45) is 3.18. The van der Waals surface area contributed by atoms with Gasteiger partial charge in [-0.3, -0.25) is 14.7 Å². The quantitative estimate of drug-likeness (QED) is 0.702. The number of carbonyl (C=O) groups excluding carboxylic acids is 1. The van der Waals surface area contributed by atoms with Crippen LogP contribution in [0.3, 0.4) is 0 Å². The second kappa shape index (κ2) is 6.29. The van der Waals surface area contributed by atoms with Crippen molar-refractivity contribution in [2.75, 3.05) is 11.9 Å². The summed E-state index contributed by atoms with van der Waals surface area (Å²) in [5.41, 5.74) is 0.814. The summed E-state index contributed by atoms with van der Waals surface area (Å²) >= 11 is 1.43. The summed E-state index contributed by atoms with van der Waals surface area (Å²) in [5, 5.41) is 2.56. The molecule has 0 bridgehead atoms. The number of anilines is 1. The zero-order valence-corrected chi connectivity index (χ0v) is 14.6. The molecule has 0 radical (unpaired) electrons. The van der Waals surface area contributed by atoms with E-state index in [0.29, 0.717) is 5.13 Å². The van der Waals surface area contributed by atoms with Gasteiger partial charge in [0.1, 0.15) is 11.4 Å². The van der Waals surface area contributed by atoms with Crippen LogP contribution < -0.4 is 9.64 Å². The first kappa shape index (κ1) is 15.8. The predicted octanol–water partition coefficient (Wildman–Crippen LogP) is 3.78. The number of likely N-dealkylation sites (N-methyl/N-ethyl adjacent to an activating group) is 1. The number of rotatable bonds is 5. The molecule has 1 amide bonds. The second-order valence-corrected chi connectivity index (χ2v) is 6.84. The highest BCUT2D eigenvalue weighted by molar-refractivity contribution is 7.14. The molecule has 1 saturated carbocycles. The molecule has 2 aromatic heterocycles. The third-order valence-corrected chi connectivity index (χ3v) is 5.08. The molecule has 0 saturated heterocycles. The number of para-hydroxylation sites is 1. The van der Waals surface area contributed by atoms with E-state index in [1.165, 1.54) is 11.3 Å². The van der Waals surface area contributed by atoms with E-state index in [-0.39, 0.29) is 5.91 Å². The zero-order chi connectivity index (χ0) is 17.3. The Morgan fingerprint density at radius 2 is 1.88 bits per heavy atom. The SMILES string of the molecule is CN(C(=O)C1(Oc2ccccc2)CC1)c1nc(-c2ccccn2)cs1. The summed E-state index contributed by atoms with van der Waals surface area (Å²) in [5.74, 6) is 0.660. The van der Waals surface area contributed by atoms with Crippen molar-refractivity contribution in [3.63, 3.8) is 0 Å². The highest BCUT2D eigenvalue weighted by Crippen LogP contribution is 2.42. The Balaban J connectivity index is 1.52. The Bertz CT molecular complexity index is 876. The fourth-order valence-electron chi connectivity index (χ4n) is 2.63. The van der Waals surface area contributed by atoms with Gasteiger partial charge in [-0.15, -0.1) is 11.3 Å². The molecule has 2 heterocycles. The number of amides is 1. The van der Waals surface area contributed by atoms with Crippen LogP contribution in [0, 0.1) is 0 Å². The number of pyridine rings is 1. The van der Waals surface area contributed by atoms with E-state index in [0.717, 1.165) is 30.0 Å². The Hall–Kier alpha value is -2.73. The Labute approximate surface area is 149 Å². The minimum atomic E-state index is -0.757. The maximum Gasteiger partial charge on any atom is 0.272 e. The van der Waals surface area contributed by atoms with Crippen molar-refractivity contribution in [1.82, 2.24) is 9.97 Å². The van der Waals surface area contributed by atoms with E-state index in [1.54, 1.807) is 18.1 Å². The minimum Gasteiger partial charge on any atom is -0.477 e. The second-order valence-electron chi connectivity index (χ2n) is 6.00. The smallest absolute Gasteiger partial charge is 0.272 e. The van der Waals surface area contributed by atoms with Crippen molar-refractivity contribution in [2.45, 2.75) is 18.4 Å². The number of nitrogens with zero attached hydrogens (tertiary/aromatic N) is 3. The Morgan fingerprint density at radius 1 is 1.12 bits per heavy atom. The summed E-state index contributed by atoms with van der Waals surface area (Å²) < 4.78 is 5.98. The van der Waals surface area contributed by atoms with E-state index >= 15 is 0 Å². The molecular formula is C19H17N3O2S. The van der Waals surface area contributed by atoms with Gasteiger partial charge in [-0.05, 0) is 24.3 Å². The molecule has 3 aromatic rings. The van der Waals surface area contributed by atoms with Gasteiger partial charge in [0.2, 0.25) is 0 Å². The van der Waals surface area contributed by atoms with Crippen molar-refractivity contribution >= 4 is 22.4 Å². The lowest BCUT2D eigenvalue weighted by atomic mass is 10.2. The average Bonchev–Trinajstić information content (AvgIpc) is 3.27. The number of hydrogen-bond acceptors (Lipinski definition) is 5. The minimum absolute atomic E-state index is 0.0572. The first-order valence-corrected chi connectivity index (χ1v) is 8.95. The van der Waals surface area contributed by atoms with Crippen LogP contribution >= 0.6 is 11.3 Å². The molecule has 1 aliphatic rings. The van der Waals surface area contributed by atoms with E-state index in [9.17, 15) is 4.79 Å². The van der Waals surface area contributed by atoms with Crippen LogP contribution in [0.4, 0.5) is 5.13 Å². The van der Waals surface area contributed by atoms with Crippen molar-refractivity contribution < 1.29 is 9.53 Å². The molecular weight excluding hydrogens is 334 g/mol. The number of thiazole rings is 1. The summed E-state index contributed by atoms with van der Waals surface area (Å²) in [4.78, 5) is 23.4. The molecule has 0 spiro atoms. The van der Waals surface area contributed by atoms with Crippen molar-refractivity contribution in [1.29, 1.82) is 0 Å². The van der Waals surface area contributed by atoms with E-state index in [2.05, 4.69) is 9.97 Å². The molecule has 126 valence electrons. The van der Waals surface area contributed by atoms with Crippen LogP contribution in [0.5, 0.6) is 5.75 Å². The van der Waals surface area contributed by atoms with Gasteiger partial charge >= 0.3 is 0 Å². The molecule has 1 aliphatic carbocycles. The van der Waals surface area contributed by atoms with Crippen LogP contribution in [-0.4, -0.2) is 28.5 Å². The largest absolute Gasteiger partial charge is 0.477 e. The molecule has 0 atom stereocenters. The molecule has 0 aliphatic heterocycles. The lowest BCUT2D eigenvalue weighted by Crippen LogP contribution is -2.41. The number of ether oxygens (including phenoxy) is 1. The highest BCUT2D eigenvalue weighted by Gasteiger charge is 2.54. The average molecular weight is 351 g/mol. The molecule has 0 N–H and O–H groups in total. The van der Waals surface area contributed by atoms with E-state index in [4.69, 9.17) is 4.74 Å². The van der Waals surface area contributed by atoms with Crippen molar-refractivity contribution in [2.24, 2.45) is 0 Å². The summed E-state index contributed by atoms with van der Waals surface area (Å²) in [6, 6.07) is 15.2. The molecule has 1 fully saturated rings. The van der Waals surface area contributed by atoms with Gasteiger partial charge in [0, 0.05) is 31.5 Å². The molecule has 1 aromatic carbocycles. The lowest BCUT2D eigenvalue weighted by Gasteiger charge is -2.22. The molecule has 4 rings (SSSR count). The highest BCUT2D eigenvalue weighted by atomic mass is 32.1. The van der Waals surface area contributed by atoms with Crippen molar-refractivity contribution in [3.8, 4) is 17.1 Å². The van der Waals surface area contributed by atoms with Crippen LogP contribution in [0.1, 0.15) is 12.8 Å². The fourth-order valence-corrected chi connectivity index (χ4v) is 3.41. The van der Waals surface area contributed by atoms with Crippen LogP contribution in [0.2, 0.25) is 0 Å². The number of hydrogen-bond donors (Lipinski definition) is 0. The standard InChI is InChI=1S/C19H17N3O2S/c1-22(18-21-16(13-25-18)15-9-5-6-12-20-15)17(23)19(10-11-19)24-14-7-3-2-4-8-14/h2-9,12-13H,10-11H2,1H3. The van der Waals surface area contributed by atoms with Crippen LogP contribution in [0.25, 0.3) is 11.4 Å². The van der Waals surface area contributed by atoms with Gasteiger partial charge < -0.3 is 4.74 Å². The monoisotopic (exact) mass is 351 g/mol. The number of aromatic nitrogens is 2. The Morgan fingerprint density at radius 3 is 2.56 bits per heavy atom. The molecule has 25 heavy (non-hydrogen) atoms. The lowest BCUT2D eigenvalue weighted by molar-refractivity contribution is -0.126. The van der Waals surface area contributed by atoms with Gasteiger partial charge in [0.05, 0.1) is 5.69 Å².